The van der Waals surface area contributed by atoms with E-state index >= 15 is 0 Å². The van der Waals surface area contributed by atoms with Crippen molar-refractivity contribution in [1.82, 2.24) is 4.90 Å². The summed E-state index contributed by atoms with van der Waals surface area (Å²) in [6.45, 7) is 5.26. The van der Waals surface area contributed by atoms with Crippen LogP contribution < -0.4 is 0 Å². The molecule has 1 heterocycles. The van der Waals surface area contributed by atoms with Crippen LogP contribution >= 0.6 is 0 Å². The Morgan fingerprint density at radius 1 is 1.26 bits per heavy atom. The summed E-state index contributed by atoms with van der Waals surface area (Å²) < 4.78 is 5.14. The molecule has 0 radical (unpaired) electrons. The molecule has 1 aliphatic heterocycles. The van der Waals surface area contributed by atoms with Gasteiger partial charge in [-0.3, -0.25) is 9.69 Å². The Labute approximate surface area is 111 Å². The normalized spacial score (nSPS) is 23.2. The third-order valence-corrected chi connectivity index (χ3v) is 2.79. The standard InChI is InChI=1S/C12H19NO6/c1-12(2,3)19-9(14)5-7-4-8(10(15)16)13(6-7)11(17)18/h7-8H,4-6H2,1-3H3,(H,15,16)(H,17,18)/t7-,8+/m1/s1. The van der Waals surface area contributed by atoms with Crippen molar-refractivity contribution in [2.24, 2.45) is 5.92 Å². The molecule has 0 aromatic rings. The highest BCUT2D eigenvalue weighted by molar-refractivity contribution is 5.80. The van der Waals surface area contributed by atoms with Crippen LogP contribution in [-0.4, -0.2) is 51.3 Å². The molecule has 0 unspecified atom stereocenters. The van der Waals surface area contributed by atoms with Crippen molar-refractivity contribution in [3.8, 4) is 0 Å². The summed E-state index contributed by atoms with van der Waals surface area (Å²) in [5, 5.41) is 17.9. The quantitative estimate of drug-likeness (QED) is 0.748. The van der Waals surface area contributed by atoms with Crippen LogP contribution in [0.1, 0.15) is 33.6 Å². The van der Waals surface area contributed by atoms with Gasteiger partial charge in [-0.2, -0.15) is 0 Å². The first-order chi connectivity index (χ1) is 8.60. The van der Waals surface area contributed by atoms with Crippen LogP contribution in [0, 0.1) is 5.92 Å². The van der Waals surface area contributed by atoms with Crippen LogP contribution in [0.2, 0.25) is 0 Å². The van der Waals surface area contributed by atoms with Gasteiger partial charge in [0.15, 0.2) is 0 Å². The van der Waals surface area contributed by atoms with E-state index < -0.39 is 29.7 Å². The van der Waals surface area contributed by atoms with Crippen molar-refractivity contribution in [3.63, 3.8) is 0 Å². The van der Waals surface area contributed by atoms with Crippen LogP contribution in [0.15, 0.2) is 0 Å². The number of carbonyl (C=O) groups excluding carboxylic acids is 1. The average molecular weight is 273 g/mol. The van der Waals surface area contributed by atoms with Gasteiger partial charge in [-0.05, 0) is 33.1 Å². The molecular weight excluding hydrogens is 254 g/mol. The van der Waals surface area contributed by atoms with Crippen LogP contribution in [0.4, 0.5) is 4.79 Å². The molecule has 2 N–H and O–H groups in total. The van der Waals surface area contributed by atoms with E-state index in [9.17, 15) is 14.4 Å². The maximum Gasteiger partial charge on any atom is 0.408 e. The van der Waals surface area contributed by atoms with Crippen molar-refractivity contribution in [1.29, 1.82) is 0 Å². The summed E-state index contributed by atoms with van der Waals surface area (Å²) in [4.78, 5) is 34.4. The molecule has 0 saturated carbocycles. The van der Waals surface area contributed by atoms with Gasteiger partial charge < -0.3 is 14.9 Å². The molecule has 1 aliphatic rings. The molecule has 1 amide bonds. The number of rotatable bonds is 3. The van der Waals surface area contributed by atoms with E-state index in [1.165, 1.54) is 0 Å². The Morgan fingerprint density at radius 3 is 2.21 bits per heavy atom. The molecule has 0 aromatic carbocycles. The summed E-state index contributed by atoms with van der Waals surface area (Å²) in [5.41, 5.74) is -0.603. The van der Waals surface area contributed by atoms with Crippen LogP contribution in [0.5, 0.6) is 0 Å². The number of amides is 1. The minimum Gasteiger partial charge on any atom is -0.480 e. The van der Waals surface area contributed by atoms with Crippen LogP contribution in [-0.2, 0) is 14.3 Å². The molecule has 7 heteroatoms. The minimum absolute atomic E-state index is 0.0326. The predicted molar refractivity (Wildman–Crippen MR) is 64.7 cm³/mol. The van der Waals surface area contributed by atoms with E-state index in [-0.39, 0.29) is 25.3 Å². The number of esters is 1. The zero-order chi connectivity index (χ0) is 14.8. The van der Waals surface area contributed by atoms with Crippen molar-refractivity contribution >= 4 is 18.0 Å². The lowest BCUT2D eigenvalue weighted by Gasteiger charge is -2.20. The van der Waals surface area contributed by atoms with Crippen LogP contribution in [0.25, 0.3) is 0 Å². The maximum atomic E-state index is 11.6. The van der Waals surface area contributed by atoms with E-state index in [0.29, 0.717) is 0 Å². The van der Waals surface area contributed by atoms with E-state index in [1.807, 2.05) is 0 Å². The Hall–Kier alpha value is -1.79. The topological polar surface area (TPSA) is 104 Å². The maximum absolute atomic E-state index is 11.6. The second kappa shape index (κ2) is 5.46. The van der Waals surface area contributed by atoms with Crippen molar-refractivity contribution in [2.75, 3.05) is 6.54 Å². The van der Waals surface area contributed by atoms with Gasteiger partial charge in [-0.15, -0.1) is 0 Å². The number of carboxylic acid groups (broad SMARTS) is 2. The number of ether oxygens (including phenoxy) is 1. The highest BCUT2D eigenvalue weighted by atomic mass is 16.6. The fraction of sp³-hybridized carbons (Fsp3) is 0.750. The third-order valence-electron chi connectivity index (χ3n) is 2.79. The monoisotopic (exact) mass is 273 g/mol. The third kappa shape index (κ3) is 4.42. The van der Waals surface area contributed by atoms with E-state index in [2.05, 4.69) is 0 Å². The fourth-order valence-electron chi connectivity index (χ4n) is 2.14. The van der Waals surface area contributed by atoms with Crippen molar-refractivity contribution in [2.45, 2.75) is 45.3 Å². The summed E-state index contributed by atoms with van der Waals surface area (Å²) in [6.07, 6.45) is -1.11. The smallest absolute Gasteiger partial charge is 0.408 e. The lowest BCUT2D eigenvalue weighted by molar-refractivity contribution is -0.156. The summed E-state index contributed by atoms with van der Waals surface area (Å²) >= 11 is 0. The summed E-state index contributed by atoms with van der Waals surface area (Å²) in [7, 11) is 0. The Morgan fingerprint density at radius 2 is 1.84 bits per heavy atom. The lowest BCUT2D eigenvalue weighted by atomic mass is 10.0. The Balaban J connectivity index is 2.61. The van der Waals surface area contributed by atoms with Gasteiger partial charge in [-0.1, -0.05) is 0 Å². The predicted octanol–water partition coefficient (Wildman–Crippen LogP) is 1.17. The molecule has 1 saturated heterocycles. The van der Waals surface area contributed by atoms with Gasteiger partial charge in [0.2, 0.25) is 0 Å². The van der Waals surface area contributed by atoms with Gasteiger partial charge >= 0.3 is 18.0 Å². The number of hydrogen-bond acceptors (Lipinski definition) is 4. The summed E-state index contributed by atoms with van der Waals surface area (Å²) in [6, 6.07) is -1.08. The van der Waals surface area contributed by atoms with Crippen LogP contribution in [0.3, 0.4) is 0 Å². The Bertz CT molecular complexity index is 364. The highest BCUT2D eigenvalue weighted by Crippen LogP contribution is 2.27. The van der Waals surface area contributed by atoms with Gasteiger partial charge in [0.05, 0.1) is 6.42 Å². The summed E-state index contributed by atoms with van der Waals surface area (Å²) in [5.74, 6) is -1.94. The molecule has 1 fully saturated rings. The molecule has 2 atom stereocenters. The van der Waals surface area contributed by atoms with Gasteiger partial charge in [0.1, 0.15) is 11.6 Å². The first kappa shape index (κ1) is 15.3. The van der Waals surface area contributed by atoms with Gasteiger partial charge in [0, 0.05) is 6.54 Å². The average Bonchev–Trinajstić information content (AvgIpc) is 2.58. The molecule has 0 aromatic heterocycles. The number of hydrogen-bond donors (Lipinski definition) is 2. The first-order valence-corrected chi connectivity index (χ1v) is 6.04. The van der Waals surface area contributed by atoms with E-state index in [1.54, 1.807) is 20.8 Å². The highest BCUT2D eigenvalue weighted by Gasteiger charge is 2.40. The molecule has 19 heavy (non-hydrogen) atoms. The fourth-order valence-corrected chi connectivity index (χ4v) is 2.14. The second-order valence-corrected chi connectivity index (χ2v) is 5.68. The zero-order valence-corrected chi connectivity index (χ0v) is 11.3. The molecule has 0 spiro atoms. The largest absolute Gasteiger partial charge is 0.480 e. The second-order valence-electron chi connectivity index (χ2n) is 5.68. The molecular formula is C12H19NO6. The number of carbonyl (C=O) groups is 3. The SMILES string of the molecule is CC(C)(C)OC(=O)C[C@H]1C[C@@H](C(=O)O)N(C(=O)O)C1. The minimum atomic E-state index is -1.28. The molecule has 7 nitrogen and oxygen atoms in total. The molecule has 0 aliphatic carbocycles. The van der Waals surface area contributed by atoms with Gasteiger partial charge in [0.25, 0.3) is 0 Å². The first-order valence-electron chi connectivity index (χ1n) is 6.04. The molecule has 108 valence electrons. The lowest BCUT2D eigenvalue weighted by Crippen LogP contribution is -2.39. The zero-order valence-electron chi connectivity index (χ0n) is 11.3. The van der Waals surface area contributed by atoms with E-state index in [4.69, 9.17) is 14.9 Å². The number of likely N-dealkylation sites (tertiary alicyclic amines) is 1. The molecule has 0 bridgehead atoms. The number of carboxylic acids is 1. The van der Waals surface area contributed by atoms with Crippen molar-refractivity contribution < 1.29 is 29.3 Å². The van der Waals surface area contributed by atoms with Gasteiger partial charge in [-0.25, -0.2) is 9.59 Å². The number of nitrogens with zero attached hydrogens (tertiary/aromatic N) is 1. The number of aliphatic carboxylic acids is 1. The van der Waals surface area contributed by atoms with Crippen molar-refractivity contribution in [3.05, 3.63) is 0 Å². The van der Waals surface area contributed by atoms with E-state index in [0.717, 1.165) is 4.90 Å². The Kier molecular flexibility index (Phi) is 4.39. The molecule has 1 rings (SSSR count).